The van der Waals surface area contributed by atoms with Crippen molar-refractivity contribution in [1.29, 1.82) is 0 Å². The summed E-state index contributed by atoms with van der Waals surface area (Å²) in [7, 11) is 0.130. The Morgan fingerprint density at radius 1 is 1.20 bits per heavy atom. The second-order valence-corrected chi connectivity index (χ2v) is 5.76. The van der Waals surface area contributed by atoms with Crippen LogP contribution in [0.3, 0.4) is 0 Å². The third kappa shape index (κ3) is 8.80. The molecule has 0 aliphatic carbocycles. The monoisotopic (exact) mass is 239 g/mol. The quantitative estimate of drug-likeness (QED) is 0.597. The number of methoxy groups -OCH3 is 2. The summed E-state index contributed by atoms with van der Waals surface area (Å²) in [4.78, 5) is 0. The Kier molecular flexibility index (Phi) is 7.95. The third-order valence-electron chi connectivity index (χ3n) is 1.92. The molecule has 0 aliphatic rings. The van der Waals surface area contributed by atoms with Crippen LogP contribution in [-0.2, 0) is 19.3 Å². The maximum absolute atomic E-state index is 11.4. The molecule has 0 aliphatic heterocycles. The molecule has 0 saturated carbocycles. The number of rotatable bonds is 9. The van der Waals surface area contributed by atoms with Gasteiger partial charge in [-0.1, -0.05) is 0 Å². The molecule has 0 heterocycles. The van der Waals surface area contributed by atoms with E-state index in [0.717, 1.165) is 0 Å². The lowest BCUT2D eigenvalue weighted by Gasteiger charge is -2.12. The van der Waals surface area contributed by atoms with Gasteiger partial charge in [0.2, 0.25) is 0 Å². The molecule has 0 radical (unpaired) electrons. The van der Waals surface area contributed by atoms with Crippen LogP contribution in [0.2, 0.25) is 0 Å². The molecular formula is C9H21NO4S. The van der Waals surface area contributed by atoms with Gasteiger partial charge in [0, 0.05) is 26.8 Å². The molecule has 0 rings (SSSR count). The Labute approximate surface area is 92.1 Å². The lowest BCUT2D eigenvalue weighted by molar-refractivity contribution is 0.173. The van der Waals surface area contributed by atoms with Crippen LogP contribution in [0.15, 0.2) is 0 Å². The lowest BCUT2D eigenvalue weighted by Crippen LogP contribution is -2.34. The van der Waals surface area contributed by atoms with Gasteiger partial charge in [-0.2, -0.15) is 0 Å². The first-order valence-electron chi connectivity index (χ1n) is 4.93. The number of hydrogen-bond acceptors (Lipinski definition) is 5. The second-order valence-electron chi connectivity index (χ2n) is 3.46. The Hall–Kier alpha value is -0.170. The average molecular weight is 239 g/mol. The minimum atomic E-state index is -2.98. The van der Waals surface area contributed by atoms with E-state index in [2.05, 4.69) is 5.32 Å². The number of nitrogens with one attached hydrogen (secondary N) is 1. The fourth-order valence-electron chi connectivity index (χ4n) is 1.08. The Morgan fingerprint density at radius 2 is 1.87 bits per heavy atom. The van der Waals surface area contributed by atoms with Crippen LogP contribution < -0.4 is 5.32 Å². The van der Waals surface area contributed by atoms with Gasteiger partial charge in [-0.3, -0.25) is 0 Å². The molecule has 0 bridgehead atoms. The summed E-state index contributed by atoms with van der Waals surface area (Å²) in [5, 5.41) is 3.07. The van der Waals surface area contributed by atoms with E-state index in [0.29, 0.717) is 13.2 Å². The SMILES string of the molecule is COCCS(=O)(=O)CCNC(C)COC. The van der Waals surface area contributed by atoms with Crippen LogP contribution in [0, 0.1) is 0 Å². The zero-order valence-electron chi connectivity index (χ0n) is 9.65. The van der Waals surface area contributed by atoms with Crippen LogP contribution >= 0.6 is 0 Å². The highest BCUT2D eigenvalue weighted by Crippen LogP contribution is 1.90. The molecule has 0 aromatic rings. The molecule has 0 spiro atoms. The van der Waals surface area contributed by atoms with Crippen LogP contribution in [0.25, 0.3) is 0 Å². The molecule has 6 heteroatoms. The first kappa shape index (κ1) is 14.8. The fourth-order valence-corrected chi connectivity index (χ4v) is 2.14. The van der Waals surface area contributed by atoms with E-state index in [1.165, 1.54) is 7.11 Å². The minimum Gasteiger partial charge on any atom is -0.384 e. The maximum Gasteiger partial charge on any atom is 0.153 e. The molecule has 0 aromatic heterocycles. The summed E-state index contributed by atoms with van der Waals surface area (Å²) in [6, 6.07) is 0.174. The van der Waals surface area contributed by atoms with E-state index in [9.17, 15) is 8.42 Å². The summed E-state index contributed by atoms with van der Waals surface area (Å²) in [6.45, 7) is 3.25. The van der Waals surface area contributed by atoms with Gasteiger partial charge in [0.1, 0.15) is 0 Å². The van der Waals surface area contributed by atoms with Crippen molar-refractivity contribution in [3.05, 3.63) is 0 Å². The van der Waals surface area contributed by atoms with E-state index in [1.807, 2.05) is 6.92 Å². The third-order valence-corrected chi connectivity index (χ3v) is 3.54. The van der Waals surface area contributed by atoms with Crippen molar-refractivity contribution in [1.82, 2.24) is 5.32 Å². The molecule has 0 fully saturated rings. The van der Waals surface area contributed by atoms with Crippen molar-refractivity contribution in [2.24, 2.45) is 0 Å². The van der Waals surface area contributed by atoms with Crippen LogP contribution in [0.1, 0.15) is 6.92 Å². The van der Waals surface area contributed by atoms with Gasteiger partial charge < -0.3 is 14.8 Å². The Balaban J connectivity index is 3.65. The summed E-state index contributed by atoms with van der Waals surface area (Å²) in [5.41, 5.74) is 0. The first-order chi connectivity index (χ1) is 7.02. The molecule has 15 heavy (non-hydrogen) atoms. The topological polar surface area (TPSA) is 64.6 Å². The molecule has 1 atom stereocenters. The van der Waals surface area contributed by atoms with Gasteiger partial charge in [-0.25, -0.2) is 8.42 Å². The van der Waals surface area contributed by atoms with E-state index in [-0.39, 0.29) is 24.2 Å². The molecule has 0 amide bonds. The summed E-state index contributed by atoms with van der Waals surface area (Å²) < 4.78 is 32.4. The standard InChI is InChI=1S/C9H21NO4S/c1-9(8-14-3)10-4-6-15(11,12)7-5-13-2/h9-10H,4-8H2,1-3H3. The molecule has 0 aromatic carbocycles. The van der Waals surface area contributed by atoms with E-state index in [1.54, 1.807) is 7.11 Å². The number of hydrogen-bond donors (Lipinski definition) is 1. The molecule has 0 saturated heterocycles. The lowest BCUT2D eigenvalue weighted by atomic mass is 10.4. The zero-order valence-corrected chi connectivity index (χ0v) is 10.5. The Bertz CT molecular complexity index is 240. The van der Waals surface area contributed by atoms with Gasteiger partial charge in [0.15, 0.2) is 9.84 Å². The van der Waals surface area contributed by atoms with Crippen LogP contribution in [0.5, 0.6) is 0 Å². The van der Waals surface area contributed by atoms with Crippen LogP contribution in [0.4, 0.5) is 0 Å². The van der Waals surface area contributed by atoms with Gasteiger partial charge in [-0.05, 0) is 6.92 Å². The van der Waals surface area contributed by atoms with Crippen molar-refractivity contribution >= 4 is 9.84 Å². The summed E-state index contributed by atoms with van der Waals surface area (Å²) in [6.07, 6.45) is 0. The fraction of sp³-hybridized carbons (Fsp3) is 1.00. The summed E-state index contributed by atoms with van der Waals surface area (Å²) >= 11 is 0. The minimum absolute atomic E-state index is 0.0871. The highest BCUT2D eigenvalue weighted by atomic mass is 32.2. The smallest absolute Gasteiger partial charge is 0.153 e. The summed E-state index contributed by atoms with van der Waals surface area (Å²) in [5.74, 6) is 0.230. The van der Waals surface area contributed by atoms with Gasteiger partial charge in [0.05, 0.1) is 24.7 Å². The van der Waals surface area contributed by atoms with Gasteiger partial charge >= 0.3 is 0 Å². The number of ether oxygens (including phenoxy) is 2. The molecular weight excluding hydrogens is 218 g/mol. The normalized spacial score (nSPS) is 14.1. The number of sulfone groups is 1. The molecule has 5 nitrogen and oxygen atoms in total. The predicted molar refractivity (Wildman–Crippen MR) is 59.9 cm³/mol. The van der Waals surface area contributed by atoms with Crippen molar-refractivity contribution in [3.8, 4) is 0 Å². The molecule has 92 valence electrons. The highest BCUT2D eigenvalue weighted by Gasteiger charge is 2.10. The van der Waals surface area contributed by atoms with Crippen LogP contribution in [-0.4, -0.2) is 59.9 Å². The average Bonchev–Trinajstić information content (AvgIpc) is 2.15. The van der Waals surface area contributed by atoms with E-state index in [4.69, 9.17) is 9.47 Å². The highest BCUT2D eigenvalue weighted by molar-refractivity contribution is 7.91. The van der Waals surface area contributed by atoms with Crippen molar-refractivity contribution in [2.75, 3.05) is 45.5 Å². The van der Waals surface area contributed by atoms with Gasteiger partial charge in [0.25, 0.3) is 0 Å². The largest absolute Gasteiger partial charge is 0.384 e. The van der Waals surface area contributed by atoms with Crippen molar-refractivity contribution < 1.29 is 17.9 Å². The zero-order chi connectivity index (χ0) is 11.7. The van der Waals surface area contributed by atoms with Gasteiger partial charge in [-0.15, -0.1) is 0 Å². The maximum atomic E-state index is 11.4. The molecule has 1 N–H and O–H groups in total. The van der Waals surface area contributed by atoms with E-state index < -0.39 is 9.84 Å². The predicted octanol–water partition coefficient (Wildman–Crippen LogP) is -0.328. The molecule has 1 unspecified atom stereocenters. The van der Waals surface area contributed by atoms with E-state index >= 15 is 0 Å². The van der Waals surface area contributed by atoms with Crippen molar-refractivity contribution in [3.63, 3.8) is 0 Å². The second kappa shape index (κ2) is 8.04. The first-order valence-corrected chi connectivity index (χ1v) is 6.75. The Morgan fingerprint density at radius 3 is 2.40 bits per heavy atom. The van der Waals surface area contributed by atoms with Crippen molar-refractivity contribution in [2.45, 2.75) is 13.0 Å².